The minimum absolute atomic E-state index is 0.237. The number of ether oxygens (including phenoxy) is 4. The normalized spacial score (nSPS) is 34.8. The Morgan fingerprint density at radius 1 is 1.38 bits per heavy atom. The fourth-order valence-corrected chi connectivity index (χ4v) is 1.25. The maximum Gasteiger partial charge on any atom is 0.189 e. The van der Waals surface area contributed by atoms with Gasteiger partial charge in [0.2, 0.25) is 0 Å². The minimum atomic E-state index is -0.595. The van der Waals surface area contributed by atoms with E-state index in [0.717, 1.165) is 0 Å². The van der Waals surface area contributed by atoms with E-state index in [2.05, 4.69) is 0 Å². The van der Waals surface area contributed by atoms with E-state index in [1.54, 1.807) is 0 Å². The van der Waals surface area contributed by atoms with Crippen LogP contribution in [0.15, 0.2) is 0 Å². The van der Waals surface area contributed by atoms with Crippen LogP contribution >= 0.6 is 0 Å². The van der Waals surface area contributed by atoms with Crippen molar-refractivity contribution in [3.8, 4) is 0 Å². The van der Waals surface area contributed by atoms with E-state index in [1.165, 1.54) is 0 Å². The third-order valence-corrected chi connectivity index (χ3v) is 1.86. The Kier molecular flexibility index (Phi) is 4.12. The van der Waals surface area contributed by atoms with Gasteiger partial charge in [-0.3, -0.25) is 0 Å². The van der Waals surface area contributed by atoms with Crippen molar-refractivity contribution >= 4 is 0 Å². The highest BCUT2D eigenvalue weighted by Gasteiger charge is 2.33. The molecule has 1 rings (SSSR count). The molecule has 1 heterocycles. The average molecular weight is 190 g/mol. The molecule has 0 aliphatic carbocycles. The van der Waals surface area contributed by atoms with E-state index in [1.807, 2.05) is 20.8 Å². The molecule has 0 amide bonds. The number of hydrogen-bond acceptors (Lipinski definition) is 4. The summed E-state index contributed by atoms with van der Waals surface area (Å²) in [6, 6.07) is 0. The van der Waals surface area contributed by atoms with E-state index < -0.39 is 5.79 Å². The largest absolute Gasteiger partial charge is 0.351 e. The predicted molar refractivity (Wildman–Crippen MR) is 47.3 cm³/mol. The van der Waals surface area contributed by atoms with Gasteiger partial charge < -0.3 is 18.9 Å². The van der Waals surface area contributed by atoms with Gasteiger partial charge in [-0.2, -0.15) is 0 Å². The average Bonchev–Trinajstić information content (AvgIpc) is 2.10. The molecular weight excluding hydrogens is 172 g/mol. The molecule has 4 nitrogen and oxygen atoms in total. The fraction of sp³-hybridized carbons (Fsp3) is 1.00. The van der Waals surface area contributed by atoms with Crippen LogP contribution in [-0.2, 0) is 18.9 Å². The van der Waals surface area contributed by atoms with Crippen molar-refractivity contribution in [3.63, 3.8) is 0 Å². The molecule has 1 saturated heterocycles. The van der Waals surface area contributed by atoms with Gasteiger partial charge in [0.25, 0.3) is 0 Å². The van der Waals surface area contributed by atoms with Crippen molar-refractivity contribution < 1.29 is 18.9 Å². The molecule has 13 heavy (non-hydrogen) atoms. The van der Waals surface area contributed by atoms with Gasteiger partial charge in [0.05, 0.1) is 0 Å². The van der Waals surface area contributed by atoms with Crippen molar-refractivity contribution in [2.45, 2.75) is 32.8 Å². The van der Waals surface area contributed by atoms with Crippen molar-refractivity contribution in [2.24, 2.45) is 0 Å². The minimum Gasteiger partial charge on any atom is -0.351 e. The highest BCUT2D eigenvalue weighted by molar-refractivity contribution is 4.67. The summed E-state index contributed by atoms with van der Waals surface area (Å²) in [5.74, 6) is -0.595. The van der Waals surface area contributed by atoms with Crippen LogP contribution in [0.3, 0.4) is 0 Å². The summed E-state index contributed by atoms with van der Waals surface area (Å²) in [6.45, 7) is 7.86. The standard InChI is InChI=1S/C9H18O4/c1-4-10-8-6-13-9(3,7-11-8)12-5-2/h8H,4-7H2,1-3H3. The van der Waals surface area contributed by atoms with Gasteiger partial charge >= 0.3 is 0 Å². The van der Waals surface area contributed by atoms with Gasteiger partial charge in [0.15, 0.2) is 12.1 Å². The van der Waals surface area contributed by atoms with Crippen molar-refractivity contribution in [1.29, 1.82) is 0 Å². The van der Waals surface area contributed by atoms with Gasteiger partial charge in [-0.05, 0) is 20.8 Å². The molecule has 1 fully saturated rings. The Morgan fingerprint density at radius 2 is 2.15 bits per heavy atom. The lowest BCUT2D eigenvalue weighted by molar-refractivity contribution is -0.336. The van der Waals surface area contributed by atoms with Gasteiger partial charge in [-0.15, -0.1) is 0 Å². The van der Waals surface area contributed by atoms with Gasteiger partial charge in [-0.1, -0.05) is 0 Å². The predicted octanol–water partition coefficient (Wildman–Crippen LogP) is 1.15. The molecular formula is C9H18O4. The Labute approximate surface area is 79.1 Å². The molecule has 0 aromatic carbocycles. The molecule has 0 saturated carbocycles. The van der Waals surface area contributed by atoms with E-state index in [4.69, 9.17) is 18.9 Å². The molecule has 0 bridgehead atoms. The molecule has 2 unspecified atom stereocenters. The Hall–Kier alpha value is -0.160. The third-order valence-electron chi connectivity index (χ3n) is 1.86. The van der Waals surface area contributed by atoms with E-state index >= 15 is 0 Å². The van der Waals surface area contributed by atoms with Crippen molar-refractivity contribution in [3.05, 3.63) is 0 Å². The van der Waals surface area contributed by atoms with E-state index in [-0.39, 0.29) is 6.29 Å². The van der Waals surface area contributed by atoms with E-state index in [9.17, 15) is 0 Å². The smallest absolute Gasteiger partial charge is 0.189 e. The topological polar surface area (TPSA) is 36.9 Å². The first-order valence-electron chi connectivity index (χ1n) is 4.71. The summed E-state index contributed by atoms with van der Waals surface area (Å²) >= 11 is 0. The lowest BCUT2D eigenvalue weighted by Gasteiger charge is -2.36. The van der Waals surface area contributed by atoms with Crippen LogP contribution in [0.25, 0.3) is 0 Å². The van der Waals surface area contributed by atoms with Crippen LogP contribution in [-0.4, -0.2) is 38.5 Å². The van der Waals surface area contributed by atoms with E-state index in [0.29, 0.717) is 26.4 Å². The first kappa shape index (κ1) is 10.9. The molecule has 2 atom stereocenters. The quantitative estimate of drug-likeness (QED) is 0.666. The highest BCUT2D eigenvalue weighted by Crippen LogP contribution is 2.20. The molecule has 1 aliphatic heterocycles. The monoisotopic (exact) mass is 190 g/mol. The Morgan fingerprint density at radius 3 is 2.62 bits per heavy atom. The van der Waals surface area contributed by atoms with Gasteiger partial charge in [-0.25, -0.2) is 0 Å². The molecule has 0 N–H and O–H groups in total. The first-order valence-corrected chi connectivity index (χ1v) is 4.71. The zero-order valence-electron chi connectivity index (χ0n) is 8.54. The van der Waals surface area contributed by atoms with Crippen LogP contribution in [0, 0.1) is 0 Å². The summed E-state index contributed by atoms with van der Waals surface area (Å²) in [4.78, 5) is 0. The highest BCUT2D eigenvalue weighted by atomic mass is 16.8. The number of rotatable bonds is 4. The summed E-state index contributed by atoms with van der Waals surface area (Å²) in [5, 5.41) is 0. The zero-order chi connectivity index (χ0) is 9.73. The van der Waals surface area contributed by atoms with Crippen molar-refractivity contribution in [1.82, 2.24) is 0 Å². The second-order valence-electron chi connectivity index (χ2n) is 3.07. The van der Waals surface area contributed by atoms with Crippen LogP contribution in [0.1, 0.15) is 20.8 Å². The maximum absolute atomic E-state index is 5.50. The Balaban J connectivity index is 2.28. The van der Waals surface area contributed by atoms with Crippen LogP contribution in [0.5, 0.6) is 0 Å². The first-order chi connectivity index (χ1) is 6.20. The van der Waals surface area contributed by atoms with Gasteiger partial charge in [0.1, 0.15) is 13.2 Å². The molecule has 0 aromatic rings. The van der Waals surface area contributed by atoms with Crippen LogP contribution in [0.2, 0.25) is 0 Å². The lowest BCUT2D eigenvalue weighted by Crippen LogP contribution is -2.47. The molecule has 0 spiro atoms. The molecule has 4 heteroatoms. The van der Waals surface area contributed by atoms with Crippen molar-refractivity contribution in [2.75, 3.05) is 26.4 Å². The Bertz CT molecular complexity index is 141. The second-order valence-corrected chi connectivity index (χ2v) is 3.07. The SMILES string of the molecule is CCOC1COC(C)(OCC)CO1. The lowest BCUT2D eigenvalue weighted by atomic mass is 10.3. The summed E-state index contributed by atoms with van der Waals surface area (Å²) in [7, 11) is 0. The summed E-state index contributed by atoms with van der Waals surface area (Å²) in [6.07, 6.45) is -0.237. The molecule has 1 aliphatic rings. The summed E-state index contributed by atoms with van der Waals surface area (Å²) < 4.78 is 21.6. The molecule has 0 aromatic heterocycles. The van der Waals surface area contributed by atoms with Crippen LogP contribution in [0.4, 0.5) is 0 Å². The van der Waals surface area contributed by atoms with Crippen LogP contribution < -0.4 is 0 Å². The summed E-state index contributed by atoms with van der Waals surface area (Å²) in [5.41, 5.74) is 0. The maximum atomic E-state index is 5.50. The fourth-order valence-electron chi connectivity index (χ4n) is 1.25. The number of hydrogen-bond donors (Lipinski definition) is 0. The molecule has 0 radical (unpaired) electrons. The third kappa shape index (κ3) is 3.23. The second kappa shape index (κ2) is 4.91. The van der Waals surface area contributed by atoms with Gasteiger partial charge in [0, 0.05) is 13.2 Å². The molecule has 78 valence electrons. The zero-order valence-corrected chi connectivity index (χ0v) is 8.54.